The molecule has 88 valence electrons. The van der Waals surface area contributed by atoms with Gasteiger partial charge in [0.2, 0.25) is 0 Å². The van der Waals surface area contributed by atoms with Gasteiger partial charge in [-0.25, -0.2) is 9.78 Å². The standard InChI is InChI=1S/C12H10ClNO3/c1-16-7-3-4-10-8(5-7)9(13)6-11(14-10)12(15)17-2/h3-6H,1-2H3. The fourth-order valence-corrected chi connectivity index (χ4v) is 1.75. The Morgan fingerprint density at radius 2 is 2.06 bits per heavy atom. The van der Waals surface area contributed by atoms with Crippen molar-refractivity contribution in [3.63, 3.8) is 0 Å². The lowest BCUT2D eigenvalue weighted by molar-refractivity contribution is 0.0594. The molecule has 0 atom stereocenters. The van der Waals surface area contributed by atoms with E-state index in [1.54, 1.807) is 25.3 Å². The highest BCUT2D eigenvalue weighted by Crippen LogP contribution is 2.27. The van der Waals surface area contributed by atoms with Crippen LogP contribution in [0.15, 0.2) is 24.3 Å². The van der Waals surface area contributed by atoms with Crippen LogP contribution >= 0.6 is 11.6 Å². The van der Waals surface area contributed by atoms with Crippen LogP contribution < -0.4 is 4.74 Å². The molecule has 0 spiro atoms. The molecular formula is C12H10ClNO3. The summed E-state index contributed by atoms with van der Waals surface area (Å²) in [5, 5.41) is 1.17. The summed E-state index contributed by atoms with van der Waals surface area (Å²) in [7, 11) is 2.88. The third-order valence-corrected chi connectivity index (χ3v) is 2.67. The fraction of sp³-hybridized carbons (Fsp3) is 0.167. The average Bonchev–Trinajstić information content (AvgIpc) is 2.37. The van der Waals surface area contributed by atoms with E-state index in [9.17, 15) is 4.79 Å². The normalized spacial score (nSPS) is 10.3. The summed E-state index contributed by atoms with van der Waals surface area (Å²) in [5.74, 6) is 0.177. The number of halogens is 1. The number of aromatic nitrogens is 1. The molecule has 0 aliphatic heterocycles. The summed E-state index contributed by atoms with van der Waals surface area (Å²) >= 11 is 6.09. The Hall–Kier alpha value is -1.81. The predicted octanol–water partition coefficient (Wildman–Crippen LogP) is 2.68. The summed E-state index contributed by atoms with van der Waals surface area (Å²) in [4.78, 5) is 15.5. The van der Waals surface area contributed by atoms with Crippen molar-refractivity contribution in [1.29, 1.82) is 0 Å². The molecule has 2 rings (SSSR count). The maximum Gasteiger partial charge on any atom is 0.356 e. The number of esters is 1. The number of ether oxygens (including phenoxy) is 2. The quantitative estimate of drug-likeness (QED) is 0.770. The van der Waals surface area contributed by atoms with Crippen molar-refractivity contribution in [2.24, 2.45) is 0 Å². The zero-order chi connectivity index (χ0) is 12.4. The molecule has 0 radical (unpaired) electrons. The van der Waals surface area contributed by atoms with Crippen molar-refractivity contribution in [2.75, 3.05) is 14.2 Å². The Balaban J connectivity index is 2.63. The van der Waals surface area contributed by atoms with Crippen LogP contribution in [0.4, 0.5) is 0 Å². The van der Waals surface area contributed by atoms with Crippen LogP contribution in [0.3, 0.4) is 0 Å². The van der Waals surface area contributed by atoms with E-state index in [1.807, 2.05) is 0 Å². The molecule has 0 bridgehead atoms. The number of benzene rings is 1. The van der Waals surface area contributed by atoms with Crippen LogP contribution in [0.2, 0.25) is 5.02 Å². The first-order valence-electron chi connectivity index (χ1n) is 4.88. The molecule has 4 nitrogen and oxygen atoms in total. The van der Waals surface area contributed by atoms with E-state index >= 15 is 0 Å². The molecule has 1 aromatic carbocycles. The number of carbonyl (C=O) groups excluding carboxylic acids is 1. The van der Waals surface area contributed by atoms with Gasteiger partial charge in [0.25, 0.3) is 0 Å². The Morgan fingerprint density at radius 1 is 1.29 bits per heavy atom. The zero-order valence-electron chi connectivity index (χ0n) is 9.36. The van der Waals surface area contributed by atoms with Crippen LogP contribution in [0.1, 0.15) is 10.5 Å². The number of hydrogen-bond acceptors (Lipinski definition) is 4. The van der Waals surface area contributed by atoms with Gasteiger partial charge in [0.15, 0.2) is 5.69 Å². The Morgan fingerprint density at radius 3 is 2.71 bits per heavy atom. The molecule has 1 aromatic heterocycles. The third-order valence-electron chi connectivity index (χ3n) is 2.36. The van der Waals surface area contributed by atoms with Gasteiger partial charge in [0, 0.05) is 5.39 Å². The summed E-state index contributed by atoms with van der Waals surface area (Å²) in [6.07, 6.45) is 0. The van der Waals surface area contributed by atoms with Crippen molar-refractivity contribution in [1.82, 2.24) is 4.98 Å². The van der Waals surface area contributed by atoms with Gasteiger partial charge >= 0.3 is 5.97 Å². The second-order valence-electron chi connectivity index (χ2n) is 3.36. The van der Waals surface area contributed by atoms with Crippen LogP contribution in [0, 0.1) is 0 Å². The molecule has 0 aliphatic carbocycles. The van der Waals surface area contributed by atoms with Crippen molar-refractivity contribution < 1.29 is 14.3 Å². The Kier molecular flexibility index (Phi) is 3.15. The molecular weight excluding hydrogens is 242 g/mol. The zero-order valence-corrected chi connectivity index (χ0v) is 10.1. The van der Waals surface area contributed by atoms with Gasteiger partial charge in [-0.3, -0.25) is 0 Å². The molecule has 0 saturated heterocycles. The van der Waals surface area contributed by atoms with Gasteiger partial charge in [-0.2, -0.15) is 0 Å². The van der Waals surface area contributed by atoms with Crippen LogP contribution in [-0.2, 0) is 4.74 Å². The second kappa shape index (κ2) is 4.59. The monoisotopic (exact) mass is 251 g/mol. The molecule has 0 unspecified atom stereocenters. The van der Waals surface area contributed by atoms with Gasteiger partial charge < -0.3 is 9.47 Å². The largest absolute Gasteiger partial charge is 0.497 e. The third kappa shape index (κ3) is 2.17. The Labute approximate surface area is 103 Å². The number of hydrogen-bond donors (Lipinski definition) is 0. The van der Waals surface area contributed by atoms with E-state index in [4.69, 9.17) is 16.3 Å². The van der Waals surface area contributed by atoms with E-state index < -0.39 is 5.97 Å². The van der Waals surface area contributed by atoms with Crippen molar-refractivity contribution in [2.45, 2.75) is 0 Å². The maximum atomic E-state index is 11.4. The molecule has 0 amide bonds. The van der Waals surface area contributed by atoms with E-state index in [-0.39, 0.29) is 5.69 Å². The van der Waals surface area contributed by atoms with Gasteiger partial charge in [0.1, 0.15) is 5.75 Å². The smallest absolute Gasteiger partial charge is 0.356 e. The molecule has 0 saturated carbocycles. The number of methoxy groups -OCH3 is 2. The van der Waals surface area contributed by atoms with E-state index in [0.29, 0.717) is 16.3 Å². The van der Waals surface area contributed by atoms with Crippen molar-refractivity contribution in [3.05, 3.63) is 35.0 Å². The van der Waals surface area contributed by atoms with Gasteiger partial charge in [-0.05, 0) is 24.3 Å². The first kappa shape index (κ1) is 11.7. The molecule has 0 N–H and O–H groups in total. The number of rotatable bonds is 2. The number of carbonyl (C=O) groups is 1. The van der Waals surface area contributed by atoms with E-state index in [1.165, 1.54) is 13.2 Å². The Bertz CT molecular complexity index is 583. The summed E-state index contributed by atoms with van der Waals surface area (Å²) in [5.41, 5.74) is 0.814. The van der Waals surface area contributed by atoms with Crippen molar-refractivity contribution >= 4 is 28.5 Å². The first-order chi connectivity index (χ1) is 8.15. The molecule has 0 aliphatic rings. The summed E-state index contributed by atoms with van der Waals surface area (Å²) in [6.45, 7) is 0. The SMILES string of the molecule is COC(=O)c1cc(Cl)c2cc(OC)ccc2n1. The fourth-order valence-electron chi connectivity index (χ4n) is 1.50. The number of pyridine rings is 1. The minimum absolute atomic E-state index is 0.190. The maximum absolute atomic E-state index is 11.4. The van der Waals surface area contributed by atoms with Crippen molar-refractivity contribution in [3.8, 4) is 5.75 Å². The predicted molar refractivity (Wildman–Crippen MR) is 64.6 cm³/mol. The molecule has 1 heterocycles. The topological polar surface area (TPSA) is 48.4 Å². The molecule has 17 heavy (non-hydrogen) atoms. The lowest BCUT2D eigenvalue weighted by atomic mass is 10.2. The lowest BCUT2D eigenvalue weighted by Crippen LogP contribution is -2.04. The first-order valence-corrected chi connectivity index (χ1v) is 5.26. The number of nitrogens with zero attached hydrogens (tertiary/aromatic N) is 1. The summed E-state index contributed by atoms with van der Waals surface area (Å²) < 4.78 is 9.70. The van der Waals surface area contributed by atoms with Gasteiger partial charge in [-0.1, -0.05) is 11.6 Å². The highest BCUT2D eigenvalue weighted by Gasteiger charge is 2.11. The van der Waals surface area contributed by atoms with Gasteiger partial charge in [0.05, 0.1) is 24.8 Å². The van der Waals surface area contributed by atoms with E-state index in [2.05, 4.69) is 9.72 Å². The van der Waals surface area contributed by atoms with Crippen LogP contribution in [0.25, 0.3) is 10.9 Å². The highest BCUT2D eigenvalue weighted by molar-refractivity contribution is 6.35. The highest BCUT2D eigenvalue weighted by atomic mass is 35.5. The minimum Gasteiger partial charge on any atom is -0.497 e. The molecule has 0 fully saturated rings. The molecule has 5 heteroatoms. The second-order valence-corrected chi connectivity index (χ2v) is 3.77. The average molecular weight is 252 g/mol. The lowest BCUT2D eigenvalue weighted by Gasteiger charge is -2.05. The van der Waals surface area contributed by atoms with Crippen LogP contribution in [0.5, 0.6) is 5.75 Å². The molecule has 2 aromatic rings. The van der Waals surface area contributed by atoms with Gasteiger partial charge in [-0.15, -0.1) is 0 Å². The van der Waals surface area contributed by atoms with Crippen LogP contribution in [-0.4, -0.2) is 25.2 Å². The van der Waals surface area contributed by atoms with E-state index in [0.717, 1.165) is 5.39 Å². The minimum atomic E-state index is -0.510. The number of fused-ring (bicyclic) bond motifs is 1. The summed E-state index contributed by atoms with van der Waals surface area (Å²) in [6, 6.07) is 6.75.